The van der Waals surface area contributed by atoms with Gasteiger partial charge in [0.1, 0.15) is 10.3 Å². The van der Waals surface area contributed by atoms with E-state index in [9.17, 15) is 8.42 Å². The molecule has 7 heteroatoms. The van der Waals surface area contributed by atoms with E-state index in [0.29, 0.717) is 29.6 Å². The maximum Gasteiger partial charge on any atom is 0.252 e. The van der Waals surface area contributed by atoms with Crippen LogP contribution >= 0.6 is 11.3 Å². The monoisotopic (exact) mass is 360 g/mol. The minimum atomic E-state index is -3.40. The molecule has 1 atom stereocenters. The van der Waals surface area contributed by atoms with Crippen LogP contribution in [0.4, 0.5) is 0 Å². The summed E-state index contributed by atoms with van der Waals surface area (Å²) in [5, 5.41) is 2.83. The third kappa shape index (κ3) is 2.90. The highest BCUT2D eigenvalue weighted by atomic mass is 32.2. The first kappa shape index (κ1) is 15.6. The summed E-state index contributed by atoms with van der Waals surface area (Å²) in [6.45, 7) is 0.827. The van der Waals surface area contributed by atoms with Crippen LogP contribution in [0.2, 0.25) is 0 Å². The number of hydrogen-bond acceptors (Lipinski definition) is 5. The van der Waals surface area contributed by atoms with Crippen LogP contribution in [0.25, 0.3) is 10.9 Å². The summed E-state index contributed by atoms with van der Waals surface area (Å²) in [6.07, 6.45) is 0.493. The van der Waals surface area contributed by atoms with Crippen LogP contribution in [-0.2, 0) is 10.0 Å². The lowest BCUT2D eigenvalue weighted by atomic mass is 10.2. The molecule has 24 heavy (non-hydrogen) atoms. The molecule has 1 fully saturated rings. The van der Waals surface area contributed by atoms with E-state index in [1.807, 2.05) is 36.4 Å². The highest BCUT2D eigenvalue weighted by Crippen LogP contribution is 2.26. The van der Waals surface area contributed by atoms with Crippen LogP contribution in [0, 0.1) is 0 Å². The van der Waals surface area contributed by atoms with Crippen LogP contribution < -0.4 is 4.74 Å². The standard InChI is InChI=1S/C17H16N2O3S2/c20-24(21,17-6-3-11-23-17)19-10-9-14(12-19)22-16-8-7-13-4-1-2-5-15(13)18-16/h1-8,11,14H,9-10,12H2/t14-/m1/s1. The SMILES string of the molecule is O=S(=O)(c1cccs1)N1CC[C@@H](Oc2ccc3ccccc3n2)C1. The Morgan fingerprint density at radius 3 is 2.83 bits per heavy atom. The van der Waals surface area contributed by atoms with Crippen molar-refractivity contribution in [2.24, 2.45) is 0 Å². The van der Waals surface area contributed by atoms with Gasteiger partial charge in [-0.2, -0.15) is 4.31 Å². The Morgan fingerprint density at radius 2 is 2.00 bits per heavy atom. The summed E-state index contributed by atoms with van der Waals surface area (Å²) >= 11 is 1.24. The van der Waals surface area contributed by atoms with Crippen molar-refractivity contribution in [3.8, 4) is 5.88 Å². The molecule has 0 unspecified atom stereocenters. The van der Waals surface area contributed by atoms with E-state index in [-0.39, 0.29) is 6.10 Å². The smallest absolute Gasteiger partial charge is 0.252 e. The van der Waals surface area contributed by atoms with Crippen molar-refractivity contribution in [1.82, 2.24) is 9.29 Å². The molecule has 1 saturated heterocycles. The first-order valence-corrected chi connectivity index (χ1v) is 10.0. The van der Waals surface area contributed by atoms with E-state index in [0.717, 1.165) is 10.9 Å². The molecule has 1 aliphatic rings. The molecular formula is C17H16N2O3S2. The molecule has 0 bridgehead atoms. The third-order valence-corrected chi connectivity index (χ3v) is 7.30. The van der Waals surface area contributed by atoms with E-state index < -0.39 is 10.0 Å². The van der Waals surface area contributed by atoms with E-state index in [2.05, 4.69) is 4.98 Å². The second kappa shape index (κ2) is 6.16. The van der Waals surface area contributed by atoms with Crippen LogP contribution in [0.15, 0.2) is 58.1 Å². The molecule has 0 spiro atoms. The molecule has 3 heterocycles. The average molecular weight is 360 g/mol. The number of hydrogen-bond donors (Lipinski definition) is 0. The molecule has 1 aromatic carbocycles. The molecule has 0 aliphatic carbocycles. The normalized spacial score (nSPS) is 18.9. The van der Waals surface area contributed by atoms with Gasteiger partial charge >= 0.3 is 0 Å². The molecule has 0 radical (unpaired) electrons. The second-order valence-electron chi connectivity index (χ2n) is 5.67. The molecule has 1 aliphatic heterocycles. The minimum absolute atomic E-state index is 0.173. The lowest BCUT2D eigenvalue weighted by Crippen LogP contribution is -2.30. The van der Waals surface area contributed by atoms with Gasteiger partial charge in [0.25, 0.3) is 10.0 Å². The third-order valence-electron chi connectivity index (χ3n) is 4.06. The summed E-state index contributed by atoms with van der Waals surface area (Å²) in [4.78, 5) is 4.49. The molecule has 124 valence electrons. The molecule has 0 N–H and O–H groups in total. The van der Waals surface area contributed by atoms with Gasteiger partial charge in [-0.3, -0.25) is 0 Å². The van der Waals surface area contributed by atoms with Gasteiger partial charge in [0, 0.05) is 18.0 Å². The quantitative estimate of drug-likeness (QED) is 0.717. The lowest BCUT2D eigenvalue weighted by molar-refractivity contribution is 0.207. The van der Waals surface area contributed by atoms with E-state index in [1.54, 1.807) is 17.5 Å². The average Bonchev–Trinajstić information content (AvgIpc) is 3.27. The molecule has 3 aromatic rings. The summed E-state index contributed by atoms with van der Waals surface area (Å²) < 4.78 is 32.9. The van der Waals surface area contributed by atoms with Crippen molar-refractivity contribution in [2.75, 3.05) is 13.1 Å². The van der Waals surface area contributed by atoms with Crippen molar-refractivity contribution in [1.29, 1.82) is 0 Å². The van der Waals surface area contributed by atoms with Gasteiger partial charge in [-0.1, -0.05) is 24.3 Å². The van der Waals surface area contributed by atoms with Crippen molar-refractivity contribution in [3.05, 3.63) is 53.9 Å². The van der Waals surface area contributed by atoms with Gasteiger partial charge in [0.05, 0.1) is 12.1 Å². The van der Waals surface area contributed by atoms with E-state index in [4.69, 9.17) is 4.74 Å². The van der Waals surface area contributed by atoms with Gasteiger partial charge in [-0.05, 0) is 30.0 Å². The van der Waals surface area contributed by atoms with Crippen molar-refractivity contribution >= 4 is 32.3 Å². The van der Waals surface area contributed by atoms with Crippen LogP contribution in [0.1, 0.15) is 6.42 Å². The maximum atomic E-state index is 12.5. The zero-order valence-corrected chi connectivity index (χ0v) is 14.5. The summed E-state index contributed by atoms with van der Waals surface area (Å²) in [7, 11) is -3.40. The van der Waals surface area contributed by atoms with Gasteiger partial charge in [0.2, 0.25) is 5.88 Å². The summed E-state index contributed by atoms with van der Waals surface area (Å²) in [5.74, 6) is 0.536. The Kier molecular flexibility index (Phi) is 3.99. The first-order chi connectivity index (χ1) is 11.6. The maximum absolute atomic E-state index is 12.5. The second-order valence-corrected chi connectivity index (χ2v) is 8.78. The predicted octanol–water partition coefficient (Wildman–Crippen LogP) is 3.14. The van der Waals surface area contributed by atoms with Crippen LogP contribution in [0.5, 0.6) is 5.88 Å². The summed E-state index contributed by atoms with van der Waals surface area (Å²) in [6, 6.07) is 15.0. The predicted molar refractivity (Wildman–Crippen MR) is 93.9 cm³/mol. The van der Waals surface area contributed by atoms with E-state index in [1.165, 1.54) is 15.6 Å². The lowest BCUT2D eigenvalue weighted by Gasteiger charge is -2.16. The summed E-state index contributed by atoms with van der Waals surface area (Å²) in [5.41, 5.74) is 0.871. The Morgan fingerprint density at radius 1 is 1.12 bits per heavy atom. The number of fused-ring (bicyclic) bond motifs is 1. The largest absolute Gasteiger partial charge is 0.473 e. The zero-order valence-electron chi connectivity index (χ0n) is 12.8. The molecule has 4 rings (SSSR count). The fourth-order valence-electron chi connectivity index (χ4n) is 2.83. The highest BCUT2D eigenvalue weighted by Gasteiger charge is 2.34. The Bertz CT molecular complexity index is 955. The Hall–Kier alpha value is -1.96. The molecule has 2 aromatic heterocycles. The van der Waals surface area contributed by atoms with Gasteiger partial charge in [-0.25, -0.2) is 13.4 Å². The van der Waals surface area contributed by atoms with Crippen LogP contribution in [0.3, 0.4) is 0 Å². The van der Waals surface area contributed by atoms with Crippen molar-refractivity contribution < 1.29 is 13.2 Å². The number of sulfonamides is 1. The molecule has 5 nitrogen and oxygen atoms in total. The molecule has 0 amide bonds. The number of aromatic nitrogens is 1. The topological polar surface area (TPSA) is 59.5 Å². The molecule has 0 saturated carbocycles. The number of para-hydroxylation sites is 1. The highest BCUT2D eigenvalue weighted by molar-refractivity contribution is 7.91. The fraction of sp³-hybridized carbons (Fsp3) is 0.235. The number of benzene rings is 1. The minimum Gasteiger partial charge on any atom is -0.473 e. The number of nitrogens with zero attached hydrogens (tertiary/aromatic N) is 2. The zero-order chi connectivity index (χ0) is 16.6. The Labute approximate surface area is 144 Å². The number of rotatable bonds is 4. The number of ether oxygens (including phenoxy) is 1. The van der Waals surface area contributed by atoms with Crippen molar-refractivity contribution in [3.63, 3.8) is 0 Å². The molecular weight excluding hydrogens is 344 g/mol. The number of pyridine rings is 1. The number of thiophene rings is 1. The fourth-order valence-corrected chi connectivity index (χ4v) is 5.46. The van der Waals surface area contributed by atoms with Crippen molar-refractivity contribution in [2.45, 2.75) is 16.7 Å². The van der Waals surface area contributed by atoms with Gasteiger partial charge < -0.3 is 4.74 Å². The Balaban J connectivity index is 1.48. The van der Waals surface area contributed by atoms with E-state index >= 15 is 0 Å². The van der Waals surface area contributed by atoms with Crippen LogP contribution in [-0.4, -0.2) is 36.9 Å². The van der Waals surface area contributed by atoms with Gasteiger partial charge in [-0.15, -0.1) is 11.3 Å². The first-order valence-electron chi connectivity index (χ1n) is 7.69. The van der Waals surface area contributed by atoms with Gasteiger partial charge in [0.15, 0.2) is 0 Å².